The minimum absolute atomic E-state index is 0.0651. The van der Waals surface area contributed by atoms with Gasteiger partial charge in [-0.25, -0.2) is 13.1 Å². The topological polar surface area (TPSA) is 90.0 Å². The maximum atomic E-state index is 12.5. The predicted molar refractivity (Wildman–Crippen MR) is 84.6 cm³/mol. The van der Waals surface area contributed by atoms with Gasteiger partial charge in [0.25, 0.3) is 0 Å². The Morgan fingerprint density at radius 1 is 1.33 bits per heavy atom. The highest BCUT2D eigenvalue weighted by atomic mass is 32.2. The SMILES string of the molecule is CCC(C)(C)CNS(=O)(=O)c1c(C)nn(CCCN)c1C. The molecule has 0 aliphatic carbocycles. The van der Waals surface area contributed by atoms with Gasteiger partial charge < -0.3 is 5.73 Å². The van der Waals surface area contributed by atoms with Gasteiger partial charge >= 0.3 is 0 Å². The van der Waals surface area contributed by atoms with Crippen LogP contribution in [0.3, 0.4) is 0 Å². The fraction of sp³-hybridized carbons (Fsp3) is 0.786. The van der Waals surface area contributed by atoms with Crippen LogP contribution in [0.25, 0.3) is 0 Å². The molecule has 0 amide bonds. The second-order valence-electron chi connectivity index (χ2n) is 6.21. The minimum atomic E-state index is -3.53. The highest BCUT2D eigenvalue weighted by Crippen LogP contribution is 2.22. The van der Waals surface area contributed by atoms with E-state index in [1.807, 2.05) is 13.8 Å². The highest BCUT2D eigenvalue weighted by molar-refractivity contribution is 7.89. The maximum absolute atomic E-state index is 12.5. The number of nitrogens with zero attached hydrogens (tertiary/aromatic N) is 2. The van der Waals surface area contributed by atoms with Crippen molar-refractivity contribution in [3.63, 3.8) is 0 Å². The van der Waals surface area contributed by atoms with E-state index in [0.717, 1.165) is 12.8 Å². The van der Waals surface area contributed by atoms with Crippen molar-refractivity contribution in [2.75, 3.05) is 13.1 Å². The van der Waals surface area contributed by atoms with Gasteiger partial charge in [-0.15, -0.1) is 0 Å². The molecule has 0 aromatic carbocycles. The van der Waals surface area contributed by atoms with Crippen LogP contribution >= 0.6 is 0 Å². The maximum Gasteiger partial charge on any atom is 0.244 e. The fourth-order valence-corrected chi connectivity index (χ4v) is 3.66. The lowest BCUT2D eigenvalue weighted by molar-refractivity contribution is 0.350. The molecular weight excluding hydrogens is 288 g/mol. The van der Waals surface area contributed by atoms with Crippen LogP contribution in [0.5, 0.6) is 0 Å². The third-order valence-corrected chi connectivity index (χ3v) is 5.51. The Kier molecular flexibility index (Phi) is 5.95. The number of aromatic nitrogens is 2. The standard InChI is InChI=1S/C14H28N4O2S/c1-6-14(4,5)10-16-21(19,20)13-11(2)17-18(12(13)3)9-7-8-15/h16H,6-10,15H2,1-5H3. The average molecular weight is 316 g/mol. The quantitative estimate of drug-likeness (QED) is 0.761. The molecule has 0 fully saturated rings. The number of aryl methyl sites for hydroxylation is 2. The summed E-state index contributed by atoms with van der Waals surface area (Å²) in [4.78, 5) is 0.298. The molecule has 0 atom stereocenters. The van der Waals surface area contributed by atoms with Crippen molar-refractivity contribution >= 4 is 10.0 Å². The summed E-state index contributed by atoms with van der Waals surface area (Å²) in [5.74, 6) is 0. The van der Waals surface area contributed by atoms with Gasteiger partial charge in [0.15, 0.2) is 0 Å². The van der Waals surface area contributed by atoms with Gasteiger partial charge in [0, 0.05) is 13.1 Å². The van der Waals surface area contributed by atoms with Gasteiger partial charge in [0.2, 0.25) is 10.0 Å². The zero-order valence-electron chi connectivity index (χ0n) is 13.7. The number of hydrogen-bond acceptors (Lipinski definition) is 4. The minimum Gasteiger partial charge on any atom is -0.330 e. The Morgan fingerprint density at radius 2 is 1.95 bits per heavy atom. The zero-order valence-corrected chi connectivity index (χ0v) is 14.5. The third kappa shape index (κ3) is 4.52. The molecule has 0 unspecified atom stereocenters. The first-order valence-electron chi connectivity index (χ1n) is 7.38. The second kappa shape index (κ2) is 6.89. The van der Waals surface area contributed by atoms with Crippen molar-refractivity contribution in [1.29, 1.82) is 0 Å². The molecule has 6 nitrogen and oxygen atoms in total. The first-order valence-corrected chi connectivity index (χ1v) is 8.86. The van der Waals surface area contributed by atoms with E-state index < -0.39 is 10.0 Å². The second-order valence-corrected chi connectivity index (χ2v) is 7.91. The molecule has 122 valence electrons. The summed E-state index contributed by atoms with van der Waals surface area (Å²) in [5, 5.41) is 4.32. The van der Waals surface area contributed by atoms with Crippen LogP contribution in [0, 0.1) is 19.3 Å². The molecule has 1 rings (SSSR count). The first-order chi connectivity index (χ1) is 9.64. The molecule has 0 saturated heterocycles. The number of rotatable bonds is 8. The normalized spacial score (nSPS) is 12.9. The summed E-state index contributed by atoms with van der Waals surface area (Å²) in [6, 6.07) is 0. The zero-order chi connectivity index (χ0) is 16.3. The smallest absolute Gasteiger partial charge is 0.244 e. The summed E-state index contributed by atoms with van der Waals surface area (Å²) in [6.45, 7) is 11.3. The van der Waals surface area contributed by atoms with Gasteiger partial charge in [-0.2, -0.15) is 5.10 Å². The molecule has 0 spiro atoms. The molecule has 0 bridgehead atoms. The lowest BCUT2D eigenvalue weighted by atomic mass is 9.91. The molecule has 7 heteroatoms. The van der Waals surface area contributed by atoms with Gasteiger partial charge in [-0.05, 0) is 38.6 Å². The van der Waals surface area contributed by atoms with E-state index >= 15 is 0 Å². The molecule has 0 saturated carbocycles. The molecule has 0 radical (unpaired) electrons. The van der Waals surface area contributed by atoms with E-state index in [-0.39, 0.29) is 5.41 Å². The van der Waals surface area contributed by atoms with Crippen molar-refractivity contribution in [2.24, 2.45) is 11.1 Å². The van der Waals surface area contributed by atoms with Gasteiger partial charge in [-0.1, -0.05) is 20.8 Å². The van der Waals surface area contributed by atoms with Gasteiger partial charge in [-0.3, -0.25) is 4.68 Å². The molecule has 21 heavy (non-hydrogen) atoms. The van der Waals surface area contributed by atoms with Crippen molar-refractivity contribution in [3.05, 3.63) is 11.4 Å². The Labute approximate surface area is 128 Å². The molecule has 1 aromatic rings. The average Bonchev–Trinajstić information content (AvgIpc) is 2.69. The van der Waals surface area contributed by atoms with Gasteiger partial charge in [0.1, 0.15) is 4.90 Å². The van der Waals surface area contributed by atoms with Crippen LogP contribution in [-0.4, -0.2) is 31.3 Å². The third-order valence-electron chi connectivity index (χ3n) is 3.86. The van der Waals surface area contributed by atoms with Crippen LogP contribution in [-0.2, 0) is 16.6 Å². The molecule has 1 aromatic heterocycles. The number of sulfonamides is 1. The van der Waals surface area contributed by atoms with Crippen LogP contribution in [0.4, 0.5) is 0 Å². The van der Waals surface area contributed by atoms with Crippen LogP contribution < -0.4 is 10.5 Å². The van der Waals surface area contributed by atoms with E-state index in [0.29, 0.717) is 35.9 Å². The Hall–Kier alpha value is -0.920. The summed E-state index contributed by atoms with van der Waals surface area (Å²) < 4.78 is 29.5. The van der Waals surface area contributed by atoms with E-state index in [1.54, 1.807) is 18.5 Å². The van der Waals surface area contributed by atoms with Crippen molar-refractivity contribution < 1.29 is 8.42 Å². The summed E-state index contributed by atoms with van der Waals surface area (Å²) in [7, 11) is -3.53. The van der Waals surface area contributed by atoms with Crippen LogP contribution in [0.1, 0.15) is 45.0 Å². The Bertz CT molecular complexity index is 576. The summed E-state index contributed by atoms with van der Waals surface area (Å²) in [5.41, 5.74) is 6.63. The number of hydrogen-bond donors (Lipinski definition) is 2. The van der Waals surface area contributed by atoms with E-state index in [1.165, 1.54) is 0 Å². The largest absolute Gasteiger partial charge is 0.330 e. The van der Waals surface area contributed by atoms with E-state index in [9.17, 15) is 8.42 Å². The monoisotopic (exact) mass is 316 g/mol. The lowest BCUT2D eigenvalue weighted by Crippen LogP contribution is -2.34. The van der Waals surface area contributed by atoms with Crippen LogP contribution in [0.15, 0.2) is 4.90 Å². The lowest BCUT2D eigenvalue weighted by Gasteiger charge is -2.22. The molecule has 0 aliphatic heterocycles. The predicted octanol–water partition coefficient (Wildman–Crippen LogP) is 1.56. The first kappa shape index (κ1) is 18.1. The Balaban J connectivity index is 3.01. The molecule has 0 aliphatic rings. The van der Waals surface area contributed by atoms with E-state index in [4.69, 9.17) is 5.73 Å². The fourth-order valence-electron chi connectivity index (χ4n) is 2.02. The highest BCUT2D eigenvalue weighted by Gasteiger charge is 2.26. The van der Waals surface area contributed by atoms with Crippen LogP contribution in [0.2, 0.25) is 0 Å². The summed E-state index contributed by atoms with van der Waals surface area (Å²) >= 11 is 0. The van der Waals surface area contributed by atoms with E-state index in [2.05, 4.69) is 16.7 Å². The van der Waals surface area contributed by atoms with Gasteiger partial charge in [0.05, 0.1) is 11.4 Å². The Morgan fingerprint density at radius 3 is 2.48 bits per heavy atom. The molecule has 1 heterocycles. The molecule has 3 N–H and O–H groups in total. The van der Waals surface area contributed by atoms with Crippen molar-refractivity contribution in [2.45, 2.75) is 58.9 Å². The molecular formula is C14H28N4O2S. The summed E-state index contributed by atoms with van der Waals surface area (Å²) in [6.07, 6.45) is 1.68. The number of nitrogens with one attached hydrogen (secondary N) is 1. The number of nitrogens with two attached hydrogens (primary N) is 1. The van der Waals surface area contributed by atoms with Crippen molar-refractivity contribution in [3.8, 4) is 0 Å². The van der Waals surface area contributed by atoms with Crippen molar-refractivity contribution in [1.82, 2.24) is 14.5 Å².